The van der Waals surface area contributed by atoms with Crippen molar-refractivity contribution in [3.63, 3.8) is 0 Å². The molecule has 0 atom stereocenters. The highest BCUT2D eigenvalue weighted by atomic mass is 32.1. The van der Waals surface area contributed by atoms with Gasteiger partial charge in [0.25, 0.3) is 0 Å². The second-order valence-corrected chi connectivity index (χ2v) is 4.10. The van der Waals surface area contributed by atoms with E-state index in [-0.39, 0.29) is 0 Å². The Kier molecular flexibility index (Phi) is 2.90. The van der Waals surface area contributed by atoms with Gasteiger partial charge >= 0.3 is 0 Å². The third-order valence-electron chi connectivity index (χ3n) is 1.36. The zero-order valence-corrected chi connectivity index (χ0v) is 8.31. The molecule has 7 heteroatoms. The van der Waals surface area contributed by atoms with Crippen LogP contribution in [0, 0.1) is 0 Å². The Morgan fingerprint density at radius 1 is 1.00 bits per heavy atom. The number of nitrogens with one attached hydrogen (secondary N) is 1. The minimum absolute atomic E-state index is 0.740. The van der Waals surface area contributed by atoms with Gasteiger partial charge in [-0.3, -0.25) is 0 Å². The van der Waals surface area contributed by atoms with Crippen LogP contribution in [0.1, 0.15) is 10.0 Å². The Bertz CT molecular complexity index is 296. The highest BCUT2D eigenvalue weighted by molar-refractivity contribution is 7.09. The minimum atomic E-state index is 0.740. The van der Waals surface area contributed by atoms with Crippen molar-refractivity contribution in [2.45, 2.75) is 13.1 Å². The van der Waals surface area contributed by atoms with Crippen LogP contribution in [0.5, 0.6) is 0 Å². The molecule has 2 aromatic rings. The molecule has 2 aromatic heterocycles. The largest absolute Gasteiger partial charge is 0.304 e. The predicted molar refractivity (Wildman–Crippen MR) is 50.4 cm³/mol. The third kappa shape index (κ3) is 2.51. The first-order valence-electron chi connectivity index (χ1n) is 3.66. The van der Waals surface area contributed by atoms with E-state index in [0.717, 1.165) is 23.1 Å². The number of aromatic nitrogens is 4. The van der Waals surface area contributed by atoms with Crippen molar-refractivity contribution in [1.82, 2.24) is 25.7 Å². The molecule has 0 saturated carbocycles. The minimum Gasteiger partial charge on any atom is -0.304 e. The lowest BCUT2D eigenvalue weighted by Gasteiger charge is -1.96. The molecule has 0 fully saturated rings. The van der Waals surface area contributed by atoms with E-state index in [2.05, 4.69) is 25.7 Å². The van der Waals surface area contributed by atoms with Gasteiger partial charge in [-0.15, -0.1) is 43.1 Å². The fourth-order valence-electron chi connectivity index (χ4n) is 0.822. The molecule has 0 aliphatic heterocycles. The van der Waals surface area contributed by atoms with Gasteiger partial charge in [-0.25, -0.2) is 0 Å². The molecule has 13 heavy (non-hydrogen) atoms. The molecule has 2 rings (SSSR count). The van der Waals surface area contributed by atoms with Gasteiger partial charge in [-0.1, -0.05) is 0 Å². The second-order valence-electron chi connectivity index (χ2n) is 2.27. The van der Waals surface area contributed by atoms with Gasteiger partial charge in [0.15, 0.2) is 0 Å². The molecule has 0 aromatic carbocycles. The van der Waals surface area contributed by atoms with Gasteiger partial charge in [0.2, 0.25) is 0 Å². The standard InChI is InChI=1S/C6H7N5S2/c1(5-10-8-3-12-5)7-2-6-11-9-4-13-6/h3-4,7H,1-2H2. The van der Waals surface area contributed by atoms with Gasteiger partial charge in [-0.05, 0) is 0 Å². The van der Waals surface area contributed by atoms with Crippen molar-refractivity contribution < 1.29 is 0 Å². The monoisotopic (exact) mass is 213 g/mol. The third-order valence-corrected chi connectivity index (χ3v) is 2.76. The molecule has 68 valence electrons. The summed E-state index contributed by atoms with van der Waals surface area (Å²) in [6.45, 7) is 1.48. The van der Waals surface area contributed by atoms with E-state index in [0.29, 0.717) is 0 Å². The second kappa shape index (κ2) is 4.35. The predicted octanol–water partition coefficient (Wildman–Crippen LogP) is 0.679. The van der Waals surface area contributed by atoms with Crippen molar-refractivity contribution in [1.29, 1.82) is 0 Å². The Hall–Kier alpha value is -0.920. The lowest BCUT2D eigenvalue weighted by atomic mass is 10.6. The van der Waals surface area contributed by atoms with E-state index >= 15 is 0 Å². The van der Waals surface area contributed by atoms with Crippen molar-refractivity contribution in [2.75, 3.05) is 0 Å². The molecule has 0 aliphatic carbocycles. The van der Waals surface area contributed by atoms with Crippen LogP contribution in [0.4, 0.5) is 0 Å². The van der Waals surface area contributed by atoms with Crippen LogP contribution in [0.3, 0.4) is 0 Å². The van der Waals surface area contributed by atoms with Crippen LogP contribution in [0.15, 0.2) is 11.0 Å². The molecule has 1 N–H and O–H groups in total. The molecule has 5 nitrogen and oxygen atoms in total. The molecule has 0 unspecified atom stereocenters. The van der Waals surface area contributed by atoms with Crippen molar-refractivity contribution in [3.05, 3.63) is 21.0 Å². The lowest BCUT2D eigenvalue weighted by molar-refractivity contribution is 0.675. The maximum absolute atomic E-state index is 3.91. The van der Waals surface area contributed by atoms with Crippen molar-refractivity contribution in [2.24, 2.45) is 0 Å². The molecule has 0 spiro atoms. The van der Waals surface area contributed by atoms with Crippen LogP contribution in [-0.2, 0) is 13.1 Å². The summed E-state index contributed by atoms with van der Waals surface area (Å²) in [6.07, 6.45) is 0. The molecular weight excluding hydrogens is 206 g/mol. The van der Waals surface area contributed by atoms with Crippen LogP contribution in [0.2, 0.25) is 0 Å². The number of nitrogens with zero attached hydrogens (tertiary/aromatic N) is 4. The summed E-state index contributed by atoms with van der Waals surface area (Å²) < 4.78 is 0. The first kappa shape index (κ1) is 8.67. The SMILES string of the molecule is c1nnc(CNCc2nncs2)s1. The van der Waals surface area contributed by atoms with Crippen LogP contribution in [-0.4, -0.2) is 20.4 Å². The van der Waals surface area contributed by atoms with Crippen molar-refractivity contribution >= 4 is 22.7 Å². The average Bonchev–Trinajstić information content (AvgIpc) is 2.75. The summed E-state index contributed by atoms with van der Waals surface area (Å²) in [5.41, 5.74) is 3.45. The highest BCUT2D eigenvalue weighted by Crippen LogP contribution is 2.03. The highest BCUT2D eigenvalue weighted by Gasteiger charge is 1.98. The summed E-state index contributed by atoms with van der Waals surface area (Å²) in [6, 6.07) is 0. The van der Waals surface area contributed by atoms with Gasteiger partial charge < -0.3 is 5.32 Å². The first-order valence-corrected chi connectivity index (χ1v) is 5.42. The molecule has 0 bridgehead atoms. The van der Waals surface area contributed by atoms with Gasteiger partial charge in [0.1, 0.15) is 21.0 Å². The summed E-state index contributed by atoms with van der Waals surface area (Å²) in [5.74, 6) is 0. The fraction of sp³-hybridized carbons (Fsp3) is 0.333. The zero-order chi connectivity index (χ0) is 8.93. The average molecular weight is 213 g/mol. The summed E-state index contributed by atoms with van der Waals surface area (Å²) in [7, 11) is 0. The van der Waals surface area contributed by atoms with E-state index < -0.39 is 0 Å². The quantitative estimate of drug-likeness (QED) is 0.809. The Morgan fingerprint density at radius 2 is 1.54 bits per heavy atom. The van der Waals surface area contributed by atoms with Gasteiger partial charge in [-0.2, -0.15) is 0 Å². The van der Waals surface area contributed by atoms with E-state index in [1.54, 1.807) is 33.7 Å². The van der Waals surface area contributed by atoms with Crippen molar-refractivity contribution in [3.8, 4) is 0 Å². The maximum atomic E-state index is 3.91. The molecular formula is C6H7N5S2. The molecule has 0 amide bonds. The zero-order valence-electron chi connectivity index (χ0n) is 6.67. The van der Waals surface area contributed by atoms with E-state index in [1.807, 2.05) is 0 Å². The topological polar surface area (TPSA) is 63.6 Å². The van der Waals surface area contributed by atoms with E-state index in [1.165, 1.54) is 0 Å². The fourth-order valence-corrected chi connectivity index (χ4v) is 1.81. The summed E-state index contributed by atoms with van der Waals surface area (Å²) in [4.78, 5) is 0. The van der Waals surface area contributed by atoms with Crippen LogP contribution < -0.4 is 5.32 Å². The van der Waals surface area contributed by atoms with Gasteiger partial charge in [0.05, 0.1) is 13.1 Å². The number of hydrogen-bond acceptors (Lipinski definition) is 7. The molecule has 2 heterocycles. The van der Waals surface area contributed by atoms with E-state index in [4.69, 9.17) is 0 Å². The number of rotatable bonds is 4. The Morgan fingerprint density at radius 3 is 1.92 bits per heavy atom. The molecule has 0 saturated heterocycles. The smallest absolute Gasteiger partial charge is 0.131 e. The lowest BCUT2D eigenvalue weighted by Crippen LogP contribution is -2.12. The number of hydrogen-bond donors (Lipinski definition) is 1. The molecule has 0 radical (unpaired) electrons. The maximum Gasteiger partial charge on any atom is 0.131 e. The summed E-state index contributed by atoms with van der Waals surface area (Å²) >= 11 is 3.09. The Labute approximate surface area is 82.9 Å². The van der Waals surface area contributed by atoms with Gasteiger partial charge in [0, 0.05) is 0 Å². The Balaban J connectivity index is 1.76. The summed E-state index contributed by atoms with van der Waals surface area (Å²) in [5, 5.41) is 20.5. The molecule has 0 aliphatic rings. The first-order chi connectivity index (χ1) is 6.45. The van der Waals surface area contributed by atoms with Crippen LogP contribution >= 0.6 is 22.7 Å². The van der Waals surface area contributed by atoms with E-state index in [9.17, 15) is 0 Å². The van der Waals surface area contributed by atoms with Crippen LogP contribution in [0.25, 0.3) is 0 Å². The normalized spacial score (nSPS) is 10.5.